The van der Waals surface area contributed by atoms with E-state index in [0.717, 1.165) is 35.6 Å². The number of Topliss-reactive ketones (excluding diaryl/α,β-unsaturated/α-hetero) is 1. The summed E-state index contributed by atoms with van der Waals surface area (Å²) in [6.45, 7) is 0. The number of benzene rings is 1. The van der Waals surface area contributed by atoms with Crippen LogP contribution in [-0.2, 0) is 4.79 Å². The molecule has 0 radical (unpaired) electrons. The summed E-state index contributed by atoms with van der Waals surface area (Å²) in [6, 6.07) is 7.92. The summed E-state index contributed by atoms with van der Waals surface area (Å²) >= 11 is 0. The summed E-state index contributed by atoms with van der Waals surface area (Å²) in [4.78, 5) is 12.4. The fraction of sp³-hybridized carbons (Fsp3) is 0.526. The van der Waals surface area contributed by atoms with Crippen molar-refractivity contribution in [1.82, 2.24) is 0 Å². The van der Waals surface area contributed by atoms with Crippen molar-refractivity contribution in [3.8, 4) is 5.75 Å². The molecular formula is C19H24O2. The maximum atomic E-state index is 12.4. The van der Waals surface area contributed by atoms with E-state index in [4.69, 9.17) is 4.74 Å². The van der Waals surface area contributed by atoms with E-state index < -0.39 is 0 Å². The minimum atomic E-state index is 0.369. The van der Waals surface area contributed by atoms with Crippen LogP contribution < -0.4 is 4.74 Å². The molecule has 1 aromatic rings. The van der Waals surface area contributed by atoms with Crippen molar-refractivity contribution < 1.29 is 9.53 Å². The topological polar surface area (TPSA) is 26.3 Å². The number of allylic oxidation sites excluding steroid dienone is 1. The molecule has 21 heavy (non-hydrogen) atoms. The average Bonchev–Trinajstić information content (AvgIpc) is 3.04. The standard InChI is InChI=1S/C19H24O2/c1-21-18-10-6-14(7-11-18)12-17-9-8-16(13-19(17)20)15-4-2-3-5-15/h6-7,10-12,15-16H,2-5,8-9,13H2,1H3. The molecule has 2 nitrogen and oxygen atoms in total. The third-order valence-corrected chi connectivity index (χ3v) is 5.11. The molecule has 1 atom stereocenters. The first-order valence-corrected chi connectivity index (χ1v) is 8.14. The summed E-state index contributed by atoms with van der Waals surface area (Å²) in [6.07, 6.45) is 10.4. The Bertz CT molecular complexity index is 521. The highest BCUT2D eigenvalue weighted by atomic mass is 16.5. The minimum absolute atomic E-state index is 0.369. The number of ether oxygens (including phenoxy) is 1. The van der Waals surface area contributed by atoms with E-state index in [2.05, 4.69) is 6.08 Å². The molecule has 0 heterocycles. The SMILES string of the molecule is COc1ccc(C=C2CCC(C3CCCC3)CC2=O)cc1. The van der Waals surface area contributed by atoms with E-state index >= 15 is 0 Å². The molecule has 2 fully saturated rings. The zero-order valence-corrected chi connectivity index (χ0v) is 12.8. The Labute approximate surface area is 127 Å². The van der Waals surface area contributed by atoms with Crippen LogP contribution in [0, 0.1) is 11.8 Å². The highest BCUT2D eigenvalue weighted by Crippen LogP contribution is 2.39. The van der Waals surface area contributed by atoms with E-state index in [0.29, 0.717) is 11.7 Å². The van der Waals surface area contributed by atoms with Gasteiger partial charge in [0.25, 0.3) is 0 Å². The molecule has 0 amide bonds. The predicted molar refractivity (Wildman–Crippen MR) is 85.3 cm³/mol. The number of hydrogen-bond acceptors (Lipinski definition) is 2. The Hall–Kier alpha value is -1.57. The minimum Gasteiger partial charge on any atom is -0.497 e. The second-order valence-corrected chi connectivity index (χ2v) is 6.41. The lowest BCUT2D eigenvalue weighted by molar-refractivity contribution is -0.118. The third kappa shape index (κ3) is 3.37. The van der Waals surface area contributed by atoms with Crippen molar-refractivity contribution in [2.75, 3.05) is 7.11 Å². The number of methoxy groups -OCH3 is 1. The molecule has 2 saturated carbocycles. The van der Waals surface area contributed by atoms with Crippen molar-refractivity contribution in [3.05, 3.63) is 35.4 Å². The summed E-state index contributed by atoms with van der Waals surface area (Å²) < 4.78 is 5.16. The molecule has 0 aromatic heterocycles. The largest absolute Gasteiger partial charge is 0.497 e. The number of hydrogen-bond donors (Lipinski definition) is 0. The van der Waals surface area contributed by atoms with Crippen LogP contribution in [-0.4, -0.2) is 12.9 Å². The Morgan fingerprint density at radius 2 is 1.76 bits per heavy atom. The predicted octanol–water partition coefficient (Wildman–Crippen LogP) is 4.64. The quantitative estimate of drug-likeness (QED) is 0.756. The van der Waals surface area contributed by atoms with Gasteiger partial charge in [-0.15, -0.1) is 0 Å². The van der Waals surface area contributed by atoms with E-state index in [1.807, 2.05) is 24.3 Å². The normalized spacial score (nSPS) is 25.5. The first kappa shape index (κ1) is 14.4. The summed E-state index contributed by atoms with van der Waals surface area (Å²) in [5.74, 6) is 2.69. The molecule has 0 N–H and O–H groups in total. The Balaban J connectivity index is 1.66. The molecule has 3 rings (SSSR count). The van der Waals surface area contributed by atoms with Gasteiger partial charge in [0.05, 0.1) is 7.11 Å². The molecule has 0 bridgehead atoms. The van der Waals surface area contributed by atoms with Crippen LogP contribution in [0.2, 0.25) is 0 Å². The second-order valence-electron chi connectivity index (χ2n) is 6.41. The second kappa shape index (κ2) is 6.46. The van der Waals surface area contributed by atoms with Gasteiger partial charge < -0.3 is 4.74 Å². The molecule has 112 valence electrons. The van der Waals surface area contributed by atoms with Crippen LogP contribution in [0.3, 0.4) is 0 Å². The maximum absolute atomic E-state index is 12.4. The summed E-state index contributed by atoms with van der Waals surface area (Å²) in [5.41, 5.74) is 2.10. The number of ketones is 1. The molecule has 2 heteroatoms. The average molecular weight is 284 g/mol. The number of carbonyl (C=O) groups is 1. The monoisotopic (exact) mass is 284 g/mol. The summed E-state index contributed by atoms with van der Waals surface area (Å²) in [5, 5.41) is 0. The van der Waals surface area contributed by atoms with Gasteiger partial charge in [-0.25, -0.2) is 0 Å². The van der Waals surface area contributed by atoms with Gasteiger partial charge in [-0.1, -0.05) is 37.8 Å². The Morgan fingerprint density at radius 3 is 2.38 bits per heavy atom. The van der Waals surface area contributed by atoms with Gasteiger partial charge in [-0.3, -0.25) is 4.79 Å². The zero-order chi connectivity index (χ0) is 14.7. The lowest BCUT2D eigenvalue weighted by Gasteiger charge is -2.27. The van der Waals surface area contributed by atoms with Crippen molar-refractivity contribution in [3.63, 3.8) is 0 Å². The number of rotatable bonds is 3. The van der Waals surface area contributed by atoms with Gasteiger partial charge in [0.1, 0.15) is 5.75 Å². The van der Waals surface area contributed by atoms with Gasteiger partial charge in [-0.05, 0) is 54.0 Å². The number of carbonyl (C=O) groups excluding carboxylic acids is 1. The molecular weight excluding hydrogens is 260 g/mol. The van der Waals surface area contributed by atoms with Gasteiger partial charge in [0, 0.05) is 6.42 Å². The van der Waals surface area contributed by atoms with Gasteiger partial charge in [0.15, 0.2) is 5.78 Å². The Kier molecular flexibility index (Phi) is 4.42. The smallest absolute Gasteiger partial charge is 0.159 e. The van der Waals surface area contributed by atoms with E-state index in [1.165, 1.54) is 32.1 Å². The fourth-order valence-electron chi connectivity index (χ4n) is 3.84. The molecule has 0 saturated heterocycles. The third-order valence-electron chi connectivity index (χ3n) is 5.11. The van der Waals surface area contributed by atoms with Crippen LogP contribution in [0.15, 0.2) is 29.8 Å². The molecule has 2 aliphatic carbocycles. The van der Waals surface area contributed by atoms with E-state index in [1.54, 1.807) is 7.11 Å². The lowest BCUT2D eigenvalue weighted by Crippen LogP contribution is -2.22. The highest BCUT2D eigenvalue weighted by Gasteiger charge is 2.31. The maximum Gasteiger partial charge on any atom is 0.159 e. The molecule has 1 aromatic carbocycles. The molecule has 2 aliphatic rings. The van der Waals surface area contributed by atoms with Crippen molar-refractivity contribution in [2.24, 2.45) is 11.8 Å². The van der Waals surface area contributed by atoms with Crippen molar-refractivity contribution >= 4 is 11.9 Å². The molecule has 0 spiro atoms. The Morgan fingerprint density at radius 1 is 1.05 bits per heavy atom. The van der Waals surface area contributed by atoms with Crippen molar-refractivity contribution in [1.29, 1.82) is 0 Å². The van der Waals surface area contributed by atoms with Gasteiger partial charge >= 0.3 is 0 Å². The van der Waals surface area contributed by atoms with E-state index in [-0.39, 0.29) is 0 Å². The van der Waals surface area contributed by atoms with Crippen LogP contribution in [0.1, 0.15) is 50.5 Å². The molecule has 0 aliphatic heterocycles. The first-order valence-electron chi connectivity index (χ1n) is 8.14. The highest BCUT2D eigenvalue weighted by molar-refractivity contribution is 6.00. The molecule has 1 unspecified atom stereocenters. The fourth-order valence-corrected chi connectivity index (χ4v) is 3.84. The van der Waals surface area contributed by atoms with Crippen LogP contribution in [0.5, 0.6) is 5.75 Å². The summed E-state index contributed by atoms with van der Waals surface area (Å²) in [7, 11) is 1.67. The van der Waals surface area contributed by atoms with E-state index in [9.17, 15) is 4.79 Å². The lowest BCUT2D eigenvalue weighted by atomic mass is 9.76. The van der Waals surface area contributed by atoms with Crippen LogP contribution >= 0.6 is 0 Å². The first-order chi connectivity index (χ1) is 10.3. The van der Waals surface area contributed by atoms with Crippen LogP contribution in [0.25, 0.3) is 6.08 Å². The zero-order valence-electron chi connectivity index (χ0n) is 12.8. The van der Waals surface area contributed by atoms with Gasteiger partial charge in [-0.2, -0.15) is 0 Å². The van der Waals surface area contributed by atoms with Crippen LogP contribution in [0.4, 0.5) is 0 Å². The van der Waals surface area contributed by atoms with Gasteiger partial charge in [0.2, 0.25) is 0 Å². The van der Waals surface area contributed by atoms with Crippen molar-refractivity contribution in [2.45, 2.75) is 44.9 Å².